The van der Waals surface area contributed by atoms with Gasteiger partial charge in [0.2, 0.25) is 0 Å². The number of anilines is 1. The summed E-state index contributed by atoms with van der Waals surface area (Å²) in [7, 11) is 0. The monoisotopic (exact) mass is 322 g/mol. The molecule has 0 aliphatic rings. The number of carbonyl (C=O) groups is 2. The molecule has 0 bridgehead atoms. The molecule has 1 aromatic heterocycles. The largest absolute Gasteiger partial charge is 0.298 e. The fraction of sp³-hybridized carbons (Fsp3) is 0.0556. The molecule has 0 aliphatic heterocycles. The maximum atomic E-state index is 12.3. The lowest BCUT2D eigenvalue weighted by Gasteiger charge is -2.04. The first-order valence-corrected chi connectivity index (χ1v) is 7.95. The number of hydrogen-bond donors (Lipinski definition) is 1. The minimum atomic E-state index is -0.238. The van der Waals surface area contributed by atoms with Crippen molar-refractivity contribution < 1.29 is 9.59 Å². The highest BCUT2D eigenvalue weighted by Crippen LogP contribution is 2.16. The molecule has 0 saturated carbocycles. The van der Waals surface area contributed by atoms with Crippen molar-refractivity contribution in [1.29, 1.82) is 0 Å². The first-order valence-electron chi connectivity index (χ1n) is 7.07. The number of aromatic nitrogens is 1. The third-order valence-corrected chi connectivity index (χ3v) is 4.16. The number of thiazole rings is 1. The molecule has 3 aromatic rings. The van der Waals surface area contributed by atoms with Gasteiger partial charge in [0.15, 0.2) is 10.9 Å². The predicted octanol–water partition coefficient (Wildman–Crippen LogP) is 3.93. The molecule has 2 aromatic carbocycles. The first kappa shape index (κ1) is 15.1. The zero-order chi connectivity index (χ0) is 16.2. The standard InChI is InChI=1S/C18H14N2O2S/c1-12-11-23-18(19-12)20-17(22)15-9-7-14(8-10-15)16(21)13-5-3-2-4-6-13/h2-11H,1H3,(H,19,20,22). The molecule has 0 saturated heterocycles. The van der Waals surface area contributed by atoms with E-state index in [1.807, 2.05) is 30.5 Å². The Morgan fingerprint density at radius 1 is 0.913 bits per heavy atom. The number of hydrogen-bond acceptors (Lipinski definition) is 4. The Morgan fingerprint density at radius 2 is 1.52 bits per heavy atom. The van der Waals surface area contributed by atoms with Crippen molar-refractivity contribution >= 4 is 28.2 Å². The van der Waals surface area contributed by atoms with E-state index in [4.69, 9.17) is 0 Å². The van der Waals surface area contributed by atoms with E-state index in [1.54, 1.807) is 36.4 Å². The second kappa shape index (κ2) is 6.54. The Bertz CT molecular complexity index is 839. The van der Waals surface area contributed by atoms with Gasteiger partial charge in [0, 0.05) is 22.1 Å². The molecular formula is C18H14N2O2S. The minimum absolute atomic E-state index is 0.0619. The van der Waals surface area contributed by atoms with Gasteiger partial charge in [-0.15, -0.1) is 11.3 Å². The van der Waals surface area contributed by atoms with Crippen LogP contribution in [0, 0.1) is 6.92 Å². The summed E-state index contributed by atoms with van der Waals surface area (Å²) in [5, 5.41) is 5.18. The van der Waals surface area contributed by atoms with E-state index in [1.165, 1.54) is 11.3 Å². The number of aryl methyl sites for hydroxylation is 1. The van der Waals surface area contributed by atoms with Gasteiger partial charge in [-0.2, -0.15) is 0 Å². The smallest absolute Gasteiger partial charge is 0.257 e. The summed E-state index contributed by atoms with van der Waals surface area (Å²) in [6.07, 6.45) is 0. The molecular weight excluding hydrogens is 308 g/mol. The molecule has 1 heterocycles. The Balaban J connectivity index is 1.74. The third-order valence-electron chi connectivity index (χ3n) is 3.28. The van der Waals surface area contributed by atoms with Crippen LogP contribution in [0.5, 0.6) is 0 Å². The molecule has 4 nitrogen and oxygen atoms in total. The fourth-order valence-electron chi connectivity index (χ4n) is 2.11. The Morgan fingerprint density at radius 3 is 2.13 bits per heavy atom. The van der Waals surface area contributed by atoms with E-state index in [-0.39, 0.29) is 11.7 Å². The summed E-state index contributed by atoms with van der Waals surface area (Å²) in [4.78, 5) is 28.7. The normalized spacial score (nSPS) is 10.3. The molecule has 3 rings (SSSR count). The third kappa shape index (κ3) is 3.52. The van der Waals surface area contributed by atoms with Crippen molar-refractivity contribution in [2.24, 2.45) is 0 Å². The topological polar surface area (TPSA) is 59.1 Å². The number of nitrogens with one attached hydrogen (secondary N) is 1. The molecule has 0 radical (unpaired) electrons. The summed E-state index contributed by atoms with van der Waals surface area (Å²) in [6.45, 7) is 1.87. The van der Waals surface area contributed by atoms with Gasteiger partial charge in [-0.05, 0) is 19.1 Å². The predicted molar refractivity (Wildman–Crippen MR) is 91.1 cm³/mol. The van der Waals surface area contributed by atoms with Crippen molar-refractivity contribution in [1.82, 2.24) is 4.98 Å². The summed E-state index contributed by atoms with van der Waals surface area (Å²) < 4.78 is 0. The number of amides is 1. The van der Waals surface area contributed by atoms with Crippen molar-refractivity contribution in [2.45, 2.75) is 6.92 Å². The van der Waals surface area contributed by atoms with Gasteiger partial charge in [0.05, 0.1) is 5.69 Å². The van der Waals surface area contributed by atoms with Gasteiger partial charge in [0.25, 0.3) is 5.91 Å². The lowest BCUT2D eigenvalue weighted by molar-refractivity contribution is 0.102. The Labute approximate surface area is 137 Å². The van der Waals surface area contributed by atoms with Crippen LogP contribution in [0.25, 0.3) is 0 Å². The molecule has 0 spiro atoms. The van der Waals surface area contributed by atoms with E-state index < -0.39 is 0 Å². The molecule has 0 atom stereocenters. The average Bonchev–Trinajstić information content (AvgIpc) is 3.00. The van der Waals surface area contributed by atoms with Crippen LogP contribution in [0.3, 0.4) is 0 Å². The van der Waals surface area contributed by atoms with Crippen LogP contribution in [0.2, 0.25) is 0 Å². The van der Waals surface area contributed by atoms with Crippen LogP contribution < -0.4 is 5.32 Å². The van der Waals surface area contributed by atoms with Crippen molar-refractivity contribution in [2.75, 3.05) is 5.32 Å². The molecule has 5 heteroatoms. The van der Waals surface area contributed by atoms with E-state index in [0.717, 1.165) is 5.69 Å². The number of rotatable bonds is 4. The van der Waals surface area contributed by atoms with Crippen LogP contribution >= 0.6 is 11.3 Å². The van der Waals surface area contributed by atoms with E-state index in [2.05, 4.69) is 10.3 Å². The molecule has 0 unspecified atom stereocenters. The zero-order valence-electron chi connectivity index (χ0n) is 12.4. The van der Waals surface area contributed by atoms with Crippen LogP contribution in [0.15, 0.2) is 60.0 Å². The Hall–Kier alpha value is -2.79. The summed E-state index contributed by atoms with van der Waals surface area (Å²) >= 11 is 1.38. The van der Waals surface area contributed by atoms with Crippen LogP contribution in [0.1, 0.15) is 32.0 Å². The van der Waals surface area contributed by atoms with Crippen LogP contribution in [-0.2, 0) is 0 Å². The van der Waals surface area contributed by atoms with Gasteiger partial charge in [-0.1, -0.05) is 42.5 Å². The average molecular weight is 322 g/mol. The molecule has 1 amide bonds. The number of nitrogens with zero attached hydrogens (tertiary/aromatic N) is 1. The summed E-state index contributed by atoms with van der Waals surface area (Å²) in [5.41, 5.74) is 2.54. The van der Waals surface area contributed by atoms with E-state index >= 15 is 0 Å². The highest BCUT2D eigenvalue weighted by molar-refractivity contribution is 7.13. The second-order valence-corrected chi connectivity index (χ2v) is 5.88. The molecule has 114 valence electrons. The number of carbonyl (C=O) groups excluding carboxylic acids is 2. The quantitative estimate of drug-likeness (QED) is 0.740. The molecule has 0 fully saturated rings. The lowest BCUT2D eigenvalue weighted by Crippen LogP contribution is -2.12. The molecule has 0 aliphatic carbocycles. The summed E-state index contributed by atoms with van der Waals surface area (Å²) in [5.74, 6) is -0.300. The Kier molecular flexibility index (Phi) is 4.30. The van der Waals surface area contributed by atoms with Crippen molar-refractivity contribution in [3.05, 3.63) is 82.4 Å². The SMILES string of the molecule is Cc1csc(NC(=O)c2ccc(C(=O)c3ccccc3)cc2)n1. The number of ketones is 1. The summed E-state index contributed by atoms with van der Waals surface area (Å²) in [6, 6.07) is 15.7. The molecule has 1 N–H and O–H groups in total. The highest BCUT2D eigenvalue weighted by Gasteiger charge is 2.11. The van der Waals surface area contributed by atoms with Crippen LogP contribution in [0.4, 0.5) is 5.13 Å². The van der Waals surface area contributed by atoms with Gasteiger partial charge >= 0.3 is 0 Å². The maximum Gasteiger partial charge on any atom is 0.257 e. The van der Waals surface area contributed by atoms with Gasteiger partial charge in [-0.3, -0.25) is 14.9 Å². The zero-order valence-corrected chi connectivity index (χ0v) is 13.3. The minimum Gasteiger partial charge on any atom is -0.298 e. The van der Waals surface area contributed by atoms with Crippen molar-refractivity contribution in [3.8, 4) is 0 Å². The highest BCUT2D eigenvalue weighted by atomic mass is 32.1. The number of benzene rings is 2. The van der Waals surface area contributed by atoms with Crippen LogP contribution in [-0.4, -0.2) is 16.7 Å². The lowest BCUT2D eigenvalue weighted by atomic mass is 10.0. The van der Waals surface area contributed by atoms with Crippen molar-refractivity contribution in [3.63, 3.8) is 0 Å². The molecule has 23 heavy (non-hydrogen) atoms. The maximum absolute atomic E-state index is 12.3. The first-order chi connectivity index (χ1) is 11.1. The van der Waals surface area contributed by atoms with Gasteiger partial charge in [0.1, 0.15) is 0 Å². The van der Waals surface area contributed by atoms with E-state index in [9.17, 15) is 9.59 Å². The second-order valence-electron chi connectivity index (χ2n) is 5.02. The van der Waals surface area contributed by atoms with Gasteiger partial charge in [-0.25, -0.2) is 4.98 Å². The fourth-order valence-corrected chi connectivity index (χ4v) is 2.79. The van der Waals surface area contributed by atoms with Gasteiger partial charge < -0.3 is 0 Å². The van der Waals surface area contributed by atoms with E-state index in [0.29, 0.717) is 21.8 Å².